The lowest BCUT2D eigenvalue weighted by atomic mass is 9.80. The van der Waals surface area contributed by atoms with Crippen LogP contribution in [-0.2, 0) is 28.8 Å². The van der Waals surface area contributed by atoms with Gasteiger partial charge in [0.1, 0.15) is 11.6 Å². The fourth-order valence-electron chi connectivity index (χ4n) is 7.88. The molecular formula is C53H62N6O7. The molecule has 0 saturated heterocycles. The number of carbonyl (C=O) groups excluding carboxylic acids is 5. The van der Waals surface area contributed by atoms with E-state index in [9.17, 15) is 28.8 Å². The van der Waals surface area contributed by atoms with Gasteiger partial charge < -0.3 is 26.8 Å². The van der Waals surface area contributed by atoms with Gasteiger partial charge in [-0.1, -0.05) is 136 Å². The number of benzene rings is 4. The maximum atomic E-state index is 13.4. The number of aliphatic carboxylic acids is 1. The number of nitrogens with one attached hydrogen (secondary N) is 3. The summed E-state index contributed by atoms with van der Waals surface area (Å²) >= 11 is 0. The molecule has 6 N–H and O–H groups in total. The van der Waals surface area contributed by atoms with Gasteiger partial charge in [-0.3, -0.25) is 33.8 Å². The summed E-state index contributed by atoms with van der Waals surface area (Å²) in [5.74, 6) is -3.92. The second-order valence-electron chi connectivity index (χ2n) is 16.6. The molecule has 0 spiro atoms. The van der Waals surface area contributed by atoms with Gasteiger partial charge in [0.05, 0.1) is 28.7 Å². The van der Waals surface area contributed by atoms with E-state index in [1.165, 1.54) is 13.8 Å². The number of fused-ring (bicyclic) bond motifs is 2. The van der Waals surface area contributed by atoms with E-state index in [0.717, 1.165) is 40.1 Å². The zero-order chi connectivity index (χ0) is 48.3. The van der Waals surface area contributed by atoms with Crippen LogP contribution < -0.4 is 21.7 Å². The van der Waals surface area contributed by atoms with Crippen LogP contribution in [0.2, 0.25) is 0 Å². The van der Waals surface area contributed by atoms with Crippen LogP contribution in [0.4, 0.5) is 11.4 Å². The molecule has 2 aliphatic heterocycles. The van der Waals surface area contributed by atoms with Gasteiger partial charge in [-0.05, 0) is 57.6 Å². The third-order valence-electron chi connectivity index (χ3n) is 11.1. The fourth-order valence-corrected chi connectivity index (χ4v) is 7.88. The predicted octanol–water partition coefficient (Wildman–Crippen LogP) is 8.39. The number of nitrogens with zero attached hydrogens (tertiary/aromatic N) is 2. The highest BCUT2D eigenvalue weighted by atomic mass is 16.4. The van der Waals surface area contributed by atoms with Gasteiger partial charge in [-0.15, -0.1) is 13.2 Å². The van der Waals surface area contributed by atoms with Crippen molar-refractivity contribution in [2.45, 2.75) is 79.1 Å². The number of anilines is 2. The highest BCUT2D eigenvalue weighted by Gasteiger charge is 2.35. The van der Waals surface area contributed by atoms with Gasteiger partial charge >= 0.3 is 5.97 Å². The minimum Gasteiger partial charge on any atom is -0.481 e. The Labute approximate surface area is 387 Å². The summed E-state index contributed by atoms with van der Waals surface area (Å²) in [5.41, 5.74) is 12.0. The third-order valence-corrected chi connectivity index (χ3v) is 11.1. The van der Waals surface area contributed by atoms with Crippen molar-refractivity contribution in [1.29, 1.82) is 0 Å². The first-order chi connectivity index (χ1) is 31.6. The molecule has 4 aromatic rings. The lowest BCUT2D eigenvalue weighted by Gasteiger charge is -2.26. The number of benzodiazepines with no additional fused rings is 2. The topological polar surface area (TPSA) is 209 Å². The molecule has 3 amide bonds. The second-order valence-corrected chi connectivity index (χ2v) is 16.6. The normalized spacial score (nSPS) is 16.8. The summed E-state index contributed by atoms with van der Waals surface area (Å²) in [4.78, 5) is 81.8. The first kappa shape index (κ1) is 51.5. The summed E-state index contributed by atoms with van der Waals surface area (Å²) in [6, 6.07) is 34.3. The minimum absolute atomic E-state index is 0.0641. The van der Waals surface area contributed by atoms with Crippen molar-refractivity contribution in [3.05, 3.63) is 157 Å². The predicted molar refractivity (Wildman–Crippen MR) is 261 cm³/mol. The minimum atomic E-state index is -1.12. The zero-order valence-corrected chi connectivity index (χ0v) is 38.4. The van der Waals surface area contributed by atoms with Gasteiger partial charge in [0.15, 0.2) is 6.17 Å². The van der Waals surface area contributed by atoms with E-state index in [4.69, 9.17) is 10.8 Å². The largest absolute Gasteiger partial charge is 0.481 e. The van der Waals surface area contributed by atoms with Crippen molar-refractivity contribution >= 4 is 58.1 Å². The van der Waals surface area contributed by atoms with E-state index in [-0.39, 0.29) is 29.3 Å². The average Bonchev–Trinajstić information content (AvgIpc) is 3.52. The molecule has 13 heteroatoms. The van der Waals surface area contributed by atoms with Crippen molar-refractivity contribution in [3.8, 4) is 0 Å². The van der Waals surface area contributed by atoms with Crippen molar-refractivity contribution in [2.24, 2.45) is 45.3 Å². The van der Waals surface area contributed by atoms with E-state index in [1.807, 2.05) is 130 Å². The number of allylic oxidation sites excluding steroid dienone is 2. The molecule has 0 saturated carbocycles. The van der Waals surface area contributed by atoms with Gasteiger partial charge in [-0.2, -0.15) is 0 Å². The molecule has 0 aliphatic carbocycles. The first-order valence-corrected chi connectivity index (χ1v) is 22.2. The molecule has 346 valence electrons. The number of carboxylic acids is 1. The van der Waals surface area contributed by atoms with Crippen LogP contribution in [0.3, 0.4) is 0 Å². The number of ketones is 2. The van der Waals surface area contributed by atoms with Crippen molar-refractivity contribution < 1.29 is 33.9 Å². The summed E-state index contributed by atoms with van der Waals surface area (Å²) < 4.78 is 0. The van der Waals surface area contributed by atoms with Gasteiger partial charge in [0, 0.05) is 40.0 Å². The second kappa shape index (κ2) is 25.4. The maximum absolute atomic E-state index is 13.4. The SMILES string of the molecule is C=CC[C@H](C(C)=O)C(CC(C)C)C(=O)NC1N=C(c2ccccc2)c2ccccc2NC1=O.C=CC[C@H](C(C)=O)C(CCC)C(=O)O.NC1N=C(c2ccccc2)c2ccccc2NC1=O. The molecule has 66 heavy (non-hydrogen) atoms. The summed E-state index contributed by atoms with van der Waals surface area (Å²) in [7, 11) is 0. The molecule has 2 heterocycles. The highest BCUT2D eigenvalue weighted by molar-refractivity contribution is 6.20. The van der Waals surface area contributed by atoms with Gasteiger partial charge in [0.25, 0.3) is 11.8 Å². The smallest absolute Gasteiger partial charge is 0.307 e. The van der Waals surface area contributed by atoms with Crippen molar-refractivity contribution in [3.63, 3.8) is 0 Å². The van der Waals surface area contributed by atoms with Crippen LogP contribution >= 0.6 is 0 Å². The van der Waals surface area contributed by atoms with E-state index in [2.05, 4.69) is 39.1 Å². The molecule has 4 unspecified atom stereocenters. The number of para-hydroxylation sites is 2. The molecule has 0 radical (unpaired) electrons. The Morgan fingerprint density at radius 2 is 1.12 bits per heavy atom. The Bertz CT molecular complexity index is 2410. The van der Waals surface area contributed by atoms with Crippen molar-refractivity contribution in [1.82, 2.24) is 5.32 Å². The Kier molecular flexibility index (Phi) is 19.8. The summed E-state index contributed by atoms with van der Waals surface area (Å²) in [5, 5.41) is 17.5. The number of carbonyl (C=O) groups is 6. The number of rotatable bonds is 17. The summed E-state index contributed by atoms with van der Waals surface area (Å²) in [6.07, 6.45) is 3.96. The molecule has 13 nitrogen and oxygen atoms in total. The van der Waals surface area contributed by atoms with E-state index in [1.54, 1.807) is 12.2 Å². The van der Waals surface area contributed by atoms with Crippen LogP contribution in [0.1, 0.15) is 89.0 Å². The van der Waals surface area contributed by atoms with E-state index in [0.29, 0.717) is 37.1 Å². The first-order valence-electron chi connectivity index (χ1n) is 22.2. The Morgan fingerprint density at radius 3 is 1.56 bits per heavy atom. The molecule has 0 aromatic heterocycles. The third kappa shape index (κ3) is 14.2. The maximum Gasteiger partial charge on any atom is 0.307 e. The van der Waals surface area contributed by atoms with E-state index >= 15 is 0 Å². The standard InChI is InChI=1S/C27H31N3O3.C15H13N3O.C11H18O3/c1-5-11-20(18(4)31)22(16-17(2)3)26(32)30-25-27(33)28-23-15-10-9-14-21(23)24(29-25)19-12-7-6-8-13-19;16-14-15(19)17-12-9-5-4-8-11(12)13(18-14)10-6-2-1-3-7-10;1-4-6-9(8(3)12)10(7-5-2)11(13)14/h5-10,12-15,17,20,22,25H,1,11,16H2,2-4H3,(H,28,33)(H,30,32);1-9,14H,16H2,(H,17,19);4,9-10H,1,5-7H2,2-3H3,(H,13,14)/t20-,22?,25?;;9-,10?/m1.1/s1. The van der Waals surface area contributed by atoms with Gasteiger partial charge in [0.2, 0.25) is 12.1 Å². The number of hydrogen-bond donors (Lipinski definition) is 5. The highest BCUT2D eigenvalue weighted by Crippen LogP contribution is 2.28. The van der Waals surface area contributed by atoms with Gasteiger partial charge in [-0.25, -0.2) is 4.99 Å². The molecule has 0 bridgehead atoms. The Balaban J connectivity index is 0.000000243. The molecule has 0 fully saturated rings. The molecule has 2 aliphatic rings. The molecule has 6 rings (SSSR count). The Morgan fingerprint density at radius 1 is 0.682 bits per heavy atom. The Hall–Kier alpha value is -7.12. The fraction of sp³-hybridized carbons (Fsp3) is 0.321. The van der Waals surface area contributed by atoms with Crippen LogP contribution in [0.25, 0.3) is 0 Å². The average molecular weight is 895 g/mol. The monoisotopic (exact) mass is 894 g/mol. The number of carboxylic acid groups (broad SMARTS) is 1. The number of amides is 3. The van der Waals surface area contributed by atoms with Crippen LogP contribution in [-0.4, -0.2) is 64.1 Å². The number of hydrogen-bond acceptors (Lipinski definition) is 9. The quantitative estimate of drug-likeness (QED) is 0.0649. The zero-order valence-electron chi connectivity index (χ0n) is 38.4. The molecule has 4 aromatic carbocycles. The lowest BCUT2D eigenvalue weighted by molar-refractivity contribution is -0.146. The van der Waals surface area contributed by atoms with Crippen molar-refractivity contribution in [2.75, 3.05) is 10.6 Å². The molecular weight excluding hydrogens is 833 g/mol. The van der Waals surface area contributed by atoms with Crippen LogP contribution in [0.5, 0.6) is 0 Å². The summed E-state index contributed by atoms with van der Waals surface area (Å²) in [6.45, 7) is 16.1. The number of aliphatic imine (C=N–C) groups is 2. The lowest BCUT2D eigenvalue weighted by Crippen LogP contribution is -2.47. The molecule has 6 atom stereocenters. The number of nitrogens with two attached hydrogens (primary N) is 1. The number of Topliss-reactive ketones (excluding diaryl/α,β-unsaturated/α-hetero) is 2. The van der Waals surface area contributed by atoms with Crippen LogP contribution in [0, 0.1) is 29.6 Å². The van der Waals surface area contributed by atoms with Crippen LogP contribution in [0.15, 0.2) is 144 Å². The van der Waals surface area contributed by atoms with E-state index < -0.39 is 47.9 Å².